The Morgan fingerprint density at radius 1 is 1.10 bits per heavy atom. The average Bonchev–Trinajstić information content (AvgIpc) is 2.54. The molecule has 0 bridgehead atoms. The van der Waals surface area contributed by atoms with Gasteiger partial charge >= 0.3 is 0 Å². The first-order valence-electron chi connectivity index (χ1n) is 6.67. The van der Waals surface area contributed by atoms with Gasteiger partial charge in [0.15, 0.2) is 0 Å². The molecule has 1 heterocycles. The zero-order valence-electron chi connectivity index (χ0n) is 11.9. The van der Waals surface area contributed by atoms with E-state index >= 15 is 0 Å². The molecule has 0 fully saturated rings. The predicted octanol–water partition coefficient (Wildman–Crippen LogP) is 4.09. The van der Waals surface area contributed by atoms with Crippen LogP contribution in [0.4, 0.5) is 0 Å². The van der Waals surface area contributed by atoms with Crippen LogP contribution in [-0.4, -0.2) is 12.1 Å². The molecule has 0 saturated carbocycles. The van der Waals surface area contributed by atoms with Crippen LogP contribution in [0, 0.1) is 18.3 Å². The van der Waals surface area contributed by atoms with Gasteiger partial charge in [0.05, 0.1) is 24.3 Å². The van der Waals surface area contributed by atoms with E-state index in [4.69, 9.17) is 10.00 Å². The topological polar surface area (TPSA) is 45.9 Å². The number of hydrogen-bond donors (Lipinski definition) is 0. The summed E-state index contributed by atoms with van der Waals surface area (Å²) < 4.78 is 5.50. The molecule has 3 nitrogen and oxygen atoms in total. The molecule has 0 amide bonds. The van der Waals surface area contributed by atoms with E-state index in [-0.39, 0.29) is 0 Å². The first-order valence-corrected chi connectivity index (χ1v) is 6.67. The summed E-state index contributed by atoms with van der Waals surface area (Å²) in [6, 6.07) is 15.7. The number of fused-ring (bicyclic) bond motifs is 1. The highest BCUT2D eigenvalue weighted by molar-refractivity contribution is 5.97. The van der Waals surface area contributed by atoms with E-state index in [9.17, 15) is 0 Å². The van der Waals surface area contributed by atoms with E-state index in [1.165, 1.54) is 0 Å². The van der Waals surface area contributed by atoms with Crippen LogP contribution >= 0.6 is 0 Å². The van der Waals surface area contributed by atoms with Crippen LogP contribution in [0.1, 0.15) is 11.1 Å². The molecule has 0 aliphatic heterocycles. The Morgan fingerprint density at radius 2 is 1.86 bits per heavy atom. The van der Waals surface area contributed by atoms with Gasteiger partial charge in [-0.25, -0.2) is 0 Å². The number of aromatic nitrogens is 1. The molecule has 3 aromatic rings. The van der Waals surface area contributed by atoms with Crippen LogP contribution in [-0.2, 0) is 0 Å². The third kappa shape index (κ3) is 2.21. The van der Waals surface area contributed by atoms with Gasteiger partial charge in [0, 0.05) is 22.7 Å². The molecule has 3 heteroatoms. The monoisotopic (exact) mass is 274 g/mol. The minimum Gasteiger partial charge on any atom is -0.496 e. The zero-order valence-corrected chi connectivity index (χ0v) is 11.9. The smallest absolute Gasteiger partial charge is 0.132 e. The Bertz CT molecular complexity index is 845. The van der Waals surface area contributed by atoms with E-state index < -0.39 is 0 Å². The average molecular weight is 274 g/mol. The second-order valence-corrected chi connectivity index (χ2v) is 4.87. The van der Waals surface area contributed by atoms with Gasteiger partial charge in [-0.15, -0.1) is 0 Å². The molecule has 0 radical (unpaired) electrons. The van der Waals surface area contributed by atoms with Gasteiger partial charge in [-0.2, -0.15) is 5.26 Å². The van der Waals surface area contributed by atoms with Crippen LogP contribution in [0.2, 0.25) is 0 Å². The first kappa shape index (κ1) is 13.1. The van der Waals surface area contributed by atoms with E-state index in [0.717, 1.165) is 33.3 Å². The highest BCUT2D eigenvalue weighted by Crippen LogP contribution is 2.33. The van der Waals surface area contributed by atoms with Crippen molar-refractivity contribution in [3.8, 4) is 22.9 Å². The van der Waals surface area contributed by atoms with Gasteiger partial charge in [-0.1, -0.05) is 24.3 Å². The highest BCUT2D eigenvalue weighted by Gasteiger charge is 2.10. The SMILES string of the molecule is COc1c(C)cnc2c(-c3ccc(C#N)cc3)cccc12. The number of pyridine rings is 1. The molecule has 0 atom stereocenters. The van der Waals surface area contributed by atoms with Gasteiger partial charge < -0.3 is 4.74 Å². The van der Waals surface area contributed by atoms with Crippen molar-refractivity contribution in [1.82, 2.24) is 4.98 Å². The molecular formula is C18H14N2O. The molecular weight excluding hydrogens is 260 g/mol. The lowest BCUT2D eigenvalue weighted by atomic mass is 10.00. The molecule has 0 saturated heterocycles. The Kier molecular flexibility index (Phi) is 3.29. The van der Waals surface area contributed by atoms with Crippen molar-refractivity contribution in [3.05, 3.63) is 59.8 Å². The van der Waals surface area contributed by atoms with Gasteiger partial charge in [0.1, 0.15) is 5.75 Å². The van der Waals surface area contributed by atoms with Crippen LogP contribution in [0.5, 0.6) is 5.75 Å². The van der Waals surface area contributed by atoms with Crippen molar-refractivity contribution in [1.29, 1.82) is 5.26 Å². The predicted molar refractivity (Wildman–Crippen MR) is 83.2 cm³/mol. The molecule has 1 aromatic heterocycles. The van der Waals surface area contributed by atoms with Crippen LogP contribution in [0.3, 0.4) is 0 Å². The van der Waals surface area contributed by atoms with E-state index in [2.05, 4.69) is 11.1 Å². The number of nitrogens with zero attached hydrogens (tertiary/aromatic N) is 2. The quantitative estimate of drug-likeness (QED) is 0.707. The number of ether oxygens (including phenoxy) is 1. The number of benzene rings is 2. The summed E-state index contributed by atoms with van der Waals surface area (Å²) in [5.74, 6) is 0.857. The first-order chi connectivity index (χ1) is 10.2. The minimum atomic E-state index is 0.653. The van der Waals surface area contributed by atoms with Crippen molar-refractivity contribution in [3.63, 3.8) is 0 Å². The van der Waals surface area contributed by atoms with Gasteiger partial charge in [0.25, 0.3) is 0 Å². The number of hydrogen-bond acceptors (Lipinski definition) is 3. The fourth-order valence-electron chi connectivity index (χ4n) is 2.53. The maximum Gasteiger partial charge on any atom is 0.132 e. The maximum atomic E-state index is 8.89. The van der Waals surface area contributed by atoms with Crippen molar-refractivity contribution >= 4 is 10.9 Å². The fraction of sp³-hybridized carbons (Fsp3) is 0.111. The van der Waals surface area contributed by atoms with Crippen LogP contribution < -0.4 is 4.74 Å². The Balaban J connectivity index is 2.26. The zero-order chi connectivity index (χ0) is 14.8. The third-order valence-corrected chi connectivity index (χ3v) is 3.56. The summed E-state index contributed by atoms with van der Waals surface area (Å²) in [7, 11) is 1.68. The molecule has 2 aromatic carbocycles. The largest absolute Gasteiger partial charge is 0.496 e. The van der Waals surface area contributed by atoms with E-state index in [1.54, 1.807) is 7.11 Å². The van der Waals surface area contributed by atoms with Crippen molar-refractivity contribution in [2.24, 2.45) is 0 Å². The van der Waals surface area contributed by atoms with Crippen molar-refractivity contribution in [2.75, 3.05) is 7.11 Å². The lowest BCUT2D eigenvalue weighted by molar-refractivity contribution is 0.416. The summed E-state index contributed by atoms with van der Waals surface area (Å²) in [6.07, 6.45) is 1.83. The van der Waals surface area contributed by atoms with Crippen molar-refractivity contribution < 1.29 is 4.74 Å². The molecule has 0 aliphatic rings. The number of aryl methyl sites for hydroxylation is 1. The van der Waals surface area contributed by atoms with E-state index in [0.29, 0.717) is 5.56 Å². The standard InChI is InChI=1S/C18H14N2O/c1-12-11-20-17-15(4-3-5-16(17)18(12)21-2)14-8-6-13(10-19)7-9-14/h3-9,11H,1-2H3. The number of para-hydroxylation sites is 1. The lowest BCUT2D eigenvalue weighted by Crippen LogP contribution is -1.93. The minimum absolute atomic E-state index is 0.653. The molecule has 3 rings (SSSR count). The van der Waals surface area contributed by atoms with Crippen molar-refractivity contribution in [2.45, 2.75) is 6.92 Å². The van der Waals surface area contributed by atoms with Crippen LogP contribution in [0.25, 0.3) is 22.0 Å². The molecule has 0 spiro atoms. The second-order valence-electron chi connectivity index (χ2n) is 4.87. The third-order valence-electron chi connectivity index (χ3n) is 3.56. The summed E-state index contributed by atoms with van der Waals surface area (Å²) in [5.41, 5.74) is 4.65. The van der Waals surface area contributed by atoms with Crippen LogP contribution in [0.15, 0.2) is 48.7 Å². The molecule has 0 unspecified atom stereocenters. The second kappa shape index (κ2) is 5.26. The summed E-state index contributed by atoms with van der Waals surface area (Å²) in [4.78, 5) is 4.56. The van der Waals surface area contributed by atoms with Gasteiger partial charge in [-0.3, -0.25) is 4.98 Å². The van der Waals surface area contributed by atoms with Gasteiger partial charge in [-0.05, 0) is 30.7 Å². The maximum absolute atomic E-state index is 8.89. The normalized spacial score (nSPS) is 10.3. The molecule has 0 N–H and O–H groups in total. The fourth-order valence-corrected chi connectivity index (χ4v) is 2.53. The van der Waals surface area contributed by atoms with Gasteiger partial charge in [0.2, 0.25) is 0 Å². The Morgan fingerprint density at radius 3 is 2.52 bits per heavy atom. The molecule has 102 valence electrons. The number of nitriles is 1. The van der Waals surface area contributed by atoms with E-state index in [1.807, 2.05) is 55.6 Å². The lowest BCUT2D eigenvalue weighted by Gasteiger charge is -2.11. The number of rotatable bonds is 2. The summed E-state index contributed by atoms with van der Waals surface area (Å²) in [6.45, 7) is 1.99. The summed E-state index contributed by atoms with van der Waals surface area (Å²) >= 11 is 0. The molecule has 21 heavy (non-hydrogen) atoms. The molecule has 0 aliphatic carbocycles. The Hall–Kier alpha value is -2.86. The number of methoxy groups -OCH3 is 1. The summed E-state index contributed by atoms with van der Waals surface area (Å²) in [5, 5.41) is 9.89. The Labute approximate surface area is 123 Å². The highest BCUT2D eigenvalue weighted by atomic mass is 16.5.